The van der Waals surface area contributed by atoms with Gasteiger partial charge in [0.15, 0.2) is 5.65 Å². The molecule has 29 heavy (non-hydrogen) atoms. The van der Waals surface area contributed by atoms with Crippen molar-refractivity contribution >= 4 is 17.5 Å². The predicted molar refractivity (Wildman–Crippen MR) is 109 cm³/mol. The van der Waals surface area contributed by atoms with Crippen LogP contribution >= 0.6 is 0 Å². The van der Waals surface area contributed by atoms with Crippen LogP contribution in [0.3, 0.4) is 0 Å². The SMILES string of the molecule is O=C(NCCN1CCCC1)c1ccc(CNC(=O)c2ccc3nncn3c2)cc1. The van der Waals surface area contributed by atoms with Crippen molar-refractivity contribution in [2.45, 2.75) is 19.4 Å². The number of nitrogens with one attached hydrogen (secondary N) is 2. The second kappa shape index (κ2) is 8.83. The summed E-state index contributed by atoms with van der Waals surface area (Å²) in [6, 6.07) is 10.8. The van der Waals surface area contributed by atoms with Crippen molar-refractivity contribution in [3.8, 4) is 0 Å². The molecule has 150 valence electrons. The van der Waals surface area contributed by atoms with E-state index in [1.807, 2.05) is 12.1 Å². The van der Waals surface area contributed by atoms with Crippen LogP contribution in [0.2, 0.25) is 0 Å². The van der Waals surface area contributed by atoms with Gasteiger partial charge in [-0.25, -0.2) is 0 Å². The molecule has 2 amide bonds. The molecule has 8 nitrogen and oxygen atoms in total. The number of carbonyl (C=O) groups is 2. The van der Waals surface area contributed by atoms with Crippen LogP contribution in [0.1, 0.15) is 39.1 Å². The molecule has 0 bridgehead atoms. The van der Waals surface area contributed by atoms with E-state index < -0.39 is 0 Å². The Bertz CT molecular complexity index is 992. The minimum atomic E-state index is -0.177. The molecule has 8 heteroatoms. The molecule has 1 aromatic carbocycles. The third-order valence-corrected chi connectivity index (χ3v) is 5.13. The van der Waals surface area contributed by atoms with Gasteiger partial charge >= 0.3 is 0 Å². The monoisotopic (exact) mass is 392 g/mol. The van der Waals surface area contributed by atoms with Crippen molar-refractivity contribution in [2.24, 2.45) is 0 Å². The third kappa shape index (κ3) is 4.78. The first kappa shape index (κ1) is 19.1. The van der Waals surface area contributed by atoms with E-state index in [4.69, 9.17) is 0 Å². The smallest absolute Gasteiger partial charge is 0.253 e. The zero-order valence-electron chi connectivity index (χ0n) is 16.2. The molecule has 0 spiro atoms. The van der Waals surface area contributed by atoms with E-state index in [9.17, 15) is 9.59 Å². The Morgan fingerprint density at radius 1 is 0.931 bits per heavy atom. The molecule has 0 atom stereocenters. The number of fused-ring (bicyclic) bond motifs is 1. The standard InChI is InChI=1S/C21H24N6O2/c28-20(22-9-12-26-10-1-2-11-26)17-5-3-16(4-6-17)13-23-21(29)18-7-8-19-25-24-15-27(19)14-18/h3-8,14-15H,1-2,9-13H2,(H,22,28)(H,23,29). The average Bonchev–Trinajstić information content (AvgIpc) is 3.43. The van der Waals surface area contributed by atoms with Crippen molar-refractivity contribution in [1.82, 2.24) is 30.1 Å². The lowest BCUT2D eigenvalue weighted by Gasteiger charge is -2.14. The molecule has 3 heterocycles. The highest BCUT2D eigenvalue weighted by Crippen LogP contribution is 2.08. The predicted octanol–water partition coefficient (Wildman–Crippen LogP) is 1.48. The highest BCUT2D eigenvalue weighted by molar-refractivity contribution is 5.95. The summed E-state index contributed by atoms with van der Waals surface area (Å²) in [5, 5.41) is 13.6. The van der Waals surface area contributed by atoms with Gasteiger partial charge < -0.3 is 15.5 Å². The highest BCUT2D eigenvalue weighted by atomic mass is 16.2. The van der Waals surface area contributed by atoms with Crippen molar-refractivity contribution in [3.05, 3.63) is 65.6 Å². The maximum atomic E-state index is 12.4. The van der Waals surface area contributed by atoms with Crippen molar-refractivity contribution < 1.29 is 9.59 Å². The number of likely N-dealkylation sites (tertiary alicyclic amines) is 1. The quantitative estimate of drug-likeness (QED) is 0.636. The van der Waals surface area contributed by atoms with E-state index in [2.05, 4.69) is 25.7 Å². The molecule has 1 saturated heterocycles. The highest BCUT2D eigenvalue weighted by Gasteiger charge is 2.12. The molecular weight excluding hydrogens is 368 g/mol. The van der Waals surface area contributed by atoms with Crippen LogP contribution in [0.4, 0.5) is 0 Å². The Morgan fingerprint density at radius 2 is 1.66 bits per heavy atom. The van der Waals surface area contributed by atoms with Crippen LogP contribution in [0, 0.1) is 0 Å². The summed E-state index contributed by atoms with van der Waals surface area (Å²) >= 11 is 0. The molecule has 1 aliphatic heterocycles. The number of aromatic nitrogens is 3. The zero-order chi connectivity index (χ0) is 20.1. The maximum Gasteiger partial charge on any atom is 0.253 e. The van der Waals surface area contributed by atoms with Gasteiger partial charge in [0, 0.05) is 31.4 Å². The normalized spacial score (nSPS) is 14.2. The number of amides is 2. The number of hydrogen-bond acceptors (Lipinski definition) is 5. The lowest BCUT2D eigenvalue weighted by Crippen LogP contribution is -2.33. The summed E-state index contributed by atoms with van der Waals surface area (Å²) in [7, 11) is 0. The fourth-order valence-electron chi connectivity index (χ4n) is 3.46. The lowest BCUT2D eigenvalue weighted by molar-refractivity contribution is 0.0941. The molecule has 1 fully saturated rings. The summed E-state index contributed by atoms with van der Waals surface area (Å²) in [6.45, 7) is 4.20. The third-order valence-electron chi connectivity index (χ3n) is 5.13. The summed E-state index contributed by atoms with van der Waals surface area (Å²) in [4.78, 5) is 27.0. The van der Waals surface area contributed by atoms with Crippen LogP contribution in [0.5, 0.6) is 0 Å². The van der Waals surface area contributed by atoms with Gasteiger partial charge in [-0.15, -0.1) is 10.2 Å². The molecule has 3 aromatic rings. The number of nitrogens with zero attached hydrogens (tertiary/aromatic N) is 4. The second-order valence-electron chi connectivity index (χ2n) is 7.20. The molecule has 2 N–H and O–H groups in total. The van der Waals surface area contributed by atoms with Crippen molar-refractivity contribution in [2.75, 3.05) is 26.2 Å². The van der Waals surface area contributed by atoms with Gasteiger partial charge in [0.05, 0.1) is 5.56 Å². The first-order valence-electron chi connectivity index (χ1n) is 9.86. The minimum Gasteiger partial charge on any atom is -0.351 e. The van der Waals surface area contributed by atoms with Gasteiger partial charge in [0.25, 0.3) is 11.8 Å². The van der Waals surface area contributed by atoms with E-state index in [0.717, 1.165) is 25.2 Å². The lowest BCUT2D eigenvalue weighted by atomic mass is 10.1. The van der Waals surface area contributed by atoms with Crippen LogP contribution in [-0.2, 0) is 6.54 Å². The van der Waals surface area contributed by atoms with Gasteiger partial charge in [-0.05, 0) is 55.8 Å². The number of benzene rings is 1. The van der Waals surface area contributed by atoms with Gasteiger partial charge in [-0.1, -0.05) is 12.1 Å². The first-order valence-corrected chi connectivity index (χ1v) is 9.86. The molecule has 0 unspecified atom stereocenters. The Kier molecular flexibility index (Phi) is 5.81. The fraction of sp³-hybridized carbons (Fsp3) is 0.333. The molecule has 0 saturated carbocycles. The molecular formula is C21H24N6O2. The van der Waals surface area contributed by atoms with E-state index >= 15 is 0 Å². The topological polar surface area (TPSA) is 91.6 Å². The van der Waals surface area contributed by atoms with E-state index in [1.165, 1.54) is 12.8 Å². The summed E-state index contributed by atoms with van der Waals surface area (Å²) < 4.78 is 1.70. The molecule has 0 radical (unpaired) electrons. The average molecular weight is 392 g/mol. The fourth-order valence-corrected chi connectivity index (χ4v) is 3.46. The van der Waals surface area contributed by atoms with E-state index in [0.29, 0.717) is 29.9 Å². The Morgan fingerprint density at radius 3 is 2.45 bits per heavy atom. The van der Waals surface area contributed by atoms with Crippen LogP contribution in [-0.4, -0.2) is 57.5 Å². The largest absolute Gasteiger partial charge is 0.351 e. The van der Waals surface area contributed by atoms with E-state index in [1.54, 1.807) is 41.2 Å². The van der Waals surface area contributed by atoms with E-state index in [-0.39, 0.29) is 11.8 Å². The van der Waals surface area contributed by atoms with Crippen LogP contribution in [0.25, 0.3) is 5.65 Å². The molecule has 1 aliphatic rings. The van der Waals surface area contributed by atoms with Crippen molar-refractivity contribution in [1.29, 1.82) is 0 Å². The van der Waals surface area contributed by atoms with Gasteiger partial charge in [-0.3, -0.25) is 14.0 Å². The first-order chi connectivity index (χ1) is 14.2. The second-order valence-corrected chi connectivity index (χ2v) is 7.20. The Balaban J connectivity index is 1.26. The molecule has 4 rings (SSSR count). The van der Waals surface area contributed by atoms with Crippen LogP contribution < -0.4 is 10.6 Å². The van der Waals surface area contributed by atoms with Crippen molar-refractivity contribution in [3.63, 3.8) is 0 Å². The Labute approximate surface area is 168 Å². The number of hydrogen-bond donors (Lipinski definition) is 2. The number of rotatable bonds is 7. The van der Waals surface area contributed by atoms with Gasteiger partial charge in [0.2, 0.25) is 0 Å². The summed E-state index contributed by atoms with van der Waals surface area (Å²) in [6.07, 6.45) is 5.75. The number of pyridine rings is 1. The zero-order valence-corrected chi connectivity index (χ0v) is 16.2. The van der Waals surface area contributed by atoms with Crippen LogP contribution in [0.15, 0.2) is 48.9 Å². The summed E-state index contributed by atoms with van der Waals surface area (Å²) in [5.74, 6) is -0.244. The maximum absolute atomic E-state index is 12.4. The van der Waals surface area contributed by atoms with Gasteiger partial charge in [-0.2, -0.15) is 0 Å². The molecule has 0 aliphatic carbocycles. The van der Waals surface area contributed by atoms with Gasteiger partial charge in [0.1, 0.15) is 6.33 Å². The molecule has 2 aromatic heterocycles. The minimum absolute atomic E-state index is 0.0676. The Hall–Kier alpha value is -3.26. The number of carbonyl (C=O) groups excluding carboxylic acids is 2. The summed E-state index contributed by atoms with van der Waals surface area (Å²) in [5.41, 5.74) is 2.78.